The molecule has 102 valence electrons. The van der Waals surface area contributed by atoms with E-state index in [4.69, 9.17) is 5.11 Å². The molecule has 2 unspecified atom stereocenters. The van der Waals surface area contributed by atoms with Gasteiger partial charge in [0.1, 0.15) is 5.25 Å². The van der Waals surface area contributed by atoms with Gasteiger partial charge in [-0.15, -0.1) is 0 Å². The number of carbonyl (C=O) groups is 1. The average Bonchev–Trinajstić information content (AvgIpc) is 2.22. The lowest BCUT2D eigenvalue weighted by atomic mass is 10.1. The van der Waals surface area contributed by atoms with Crippen molar-refractivity contribution in [3.8, 4) is 0 Å². The van der Waals surface area contributed by atoms with Crippen molar-refractivity contribution >= 4 is 16.8 Å². The van der Waals surface area contributed by atoms with Crippen LogP contribution in [0.3, 0.4) is 0 Å². The van der Waals surface area contributed by atoms with E-state index in [9.17, 15) is 9.00 Å². The van der Waals surface area contributed by atoms with Gasteiger partial charge >= 0.3 is 5.97 Å². The van der Waals surface area contributed by atoms with Crippen LogP contribution >= 0.6 is 0 Å². The van der Waals surface area contributed by atoms with Gasteiger partial charge in [0.05, 0.1) is 0 Å². The minimum Gasteiger partial charge on any atom is -0.480 e. The number of unbranched alkanes of at least 4 members (excludes halogenated alkanes) is 5. The number of rotatable bonds is 10. The minimum atomic E-state index is -1.22. The summed E-state index contributed by atoms with van der Waals surface area (Å²) in [4.78, 5) is 11.0. The van der Waals surface area contributed by atoms with Crippen LogP contribution in [0.4, 0.5) is 0 Å². The third-order valence-electron chi connectivity index (χ3n) is 2.83. The van der Waals surface area contributed by atoms with Crippen LogP contribution in [0.1, 0.15) is 59.3 Å². The standard InChI is InChI=1S/C13H26O3S/c1-4-5-6-7-8-9-10-17(16)12(11(2)3)13(14)15/h11-12H,4-10H2,1-3H3,(H,14,15). The van der Waals surface area contributed by atoms with Crippen LogP contribution in [0.5, 0.6) is 0 Å². The van der Waals surface area contributed by atoms with Crippen LogP contribution in [-0.2, 0) is 15.6 Å². The molecule has 0 bridgehead atoms. The summed E-state index contributed by atoms with van der Waals surface area (Å²) >= 11 is 0. The smallest absolute Gasteiger partial charge is 0.319 e. The lowest BCUT2D eigenvalue weighted by molar-refractivity contribution is -0.137. The van der Waals surface area contributed by atoms with Crippen molar-refractivity contribution in [1.29, 1.82) is 0 Å². The third-order valence-corrected chi connectivity index (χ3v) is 4.83. The van der Waals surface area contributed by atoms with Gasteiger partial charge in [0.25, 0.3) is 0 Å². The monoisotopic (exact) mass is 262 g/mol. The molecule has 0 aromatic carbocycles. The molecular weight excluding hydrogens is 236 g/mol. The summed E-state index contributed by atoms with van der Waals surface area (Å²) in [6.07, 6.45) is 6.83. The first kappa shape index (κ1) is 16.6. The summed E-state index contributed by atoms with van der Waals surface area (Å²) in [6.45, 7) is 5.81. The fourth-order valence-corrected chi connectivity index (χ4v) is 3.43. The molecule has 0 heterocycles. The Labute approximate surface area is 107 Å². The molecule has 1 N–H and O–H groups in total. The van der Waals surface area contributed by atoms with Gasteiger partial charge in [-0.05, 0) is 12.3 Å². The van der Waals surface area contributed by atoms with Gasteiger partial charge in [0, 0.05) is 16.6 Å². The number of hydrogen-bond acceptors (Lipinski definition) is 2. The zero-order valence-corrected chi connectivity index (χ0v) is 12.1. The normalized spacial score (nSPS) is 14.8. The minimum absolute atomic E-state index is 0.0616. The first-order valence-electron chi connectivity index (χ1n) is 6.60. The Morgan fingerprint density at radius 1 is 1.12 bits per heavy atom. The number of hydrogen-bond donors (Lipinski definition) is 1. The van der Waals surface area contributed by atoms with Gasteiger partial charge < -0.3 is 5.11 Å². The molecule has 0 saturated carbocycles. The summed E-state index contributed by atoms with van der Waals surface area (Å²) in [6, 6.07) is 0. The van der Waals surface area contributed by atoms with E-state index in [1.165, 1.54) is 25.7 Å². The van der Waals surface area contributed by atoms with Crippen LogP contribution in [0.25, 0.3) is 0 Å². The molecule has 0 saturated heterocycles. The van der Waals surface area contributed by atoms with Crippen LogP contribution in [0.2, 0.25) is 0 Å². The Balaban J connectivity index is 3.80. The molecule has 4 heteroatoms. The molecular formula is C13H26O3S. The third kappa shape index (κ3) is 7.53. The van der Waals surface area contributed by atoms with Gasteiger partial charge in [-0.25, -0.2) is 0 Å². The molecule has 0 aliphatic heterocycles. The van der Waals surface area contributed by atoms with Crippen molar-refractivity contribution in [2.45, 2.75) is 64.5 Å². The maximum Gasteiger partial charge on any atom is 0.319 e. The maximum atomic E-state index is 11.8. The molecule has 0 aromatic rings. The van der Waals surface area contributed by atoms with Crippen LogP contribution in [-0.4, -0.2) is 26.3 Å². The summed E-state index contributed by atoms with van der Waals surface area (Å²) in [7, 11) is -1.22. The quantitative estimate of drug-likeness (QED) is 0.615. The zero-order valence-electron chi connectivity index (χ0n) is 11.3. The largest absolute Gasteiger partial charge is 0.480 e. The number of carboxylic acids is 1. The second-order valence-corrected chi connectivity index (χ2v) is 6.53. The summed E-state index contributed by atoms with van der Waals surface area (Å²) in [5, 5.41) is 8.29. The lowest BCUT2D eigenvalue weighted by Crippen LogP contribution is -2.32. The van der Waals surface area contributed by atoms with Gasteiger partial charge in [0.2, 0.25) is 0 Å². The van der Waals surface area contributed by atoms with Gasteiger partial charge in [-0.1, -0.05) is 52.9 Å². The molecule has 0 aliphatic rings. The molecule has 0 fully saturated rings. The highest BCUT2D eigenvalue weighted by molar-refractivity contribution is 7.86. The molecule has 0 amide bonds. The predicted molar refractivity (Wildman–Crippen MR) is 72.6 cm³/mol. The summed E-state index contributed by atoms with van der Waals surface area (Å²) < 4.78 is 11.8. The Bertz CT molecular complexity index is 239. The molecule has 0 aromatic heterocycles. The second kappa shape index (κ2) is 9.63. The number of aliphatic carboxylic acids is 1. The maximum absolute atomic E-state index is 11.8. The van der Waals surface area contributed by atoms with E-state index in [1.807, 2.05) is 13.8 Å². The molecule has 3 nitrogen and oxygen atoms in total. The van der Waals surface area contributed by atoms with Crippen molar-refractivity contribution in [3.05, 3.63) is 0 Å². The SMILES string of the molecule is CCCCCCCCS(=O)C(C(=O)O)C(C)C. The van der Waals surface area contributed by atoms with Crippen molar-refractivity contribution in [3.63, 3.8) is 0 Å². The predicted octanol–water partition coefficient (Wildman–Crippen LogP) is 3.20. The van der Waals surface area contributed by atoms with Gasteiger partial charge in [-0.3, -0.25) is 9.00 Å². The fourth-order valence-electron chi connectivity index (χ4n) is 1.85. The van der Waals surface area contributed by atoms with Crippen LogP contribution < -0.4 is 0 Å². The van der Waals surface area contributed by atoms with Gasteiger partial charge in [-0.2, -0.15) is 0 Å². The molecule has 17 heavy (non-hydrogen) atoms. The summed E-state index contributed by atoms with van der Waals surface area (Å²) in [5.41, 5.74) is 0. The van der Waals surface area contributed by atoms with E-state index in [-0.39, 0.29) is 5.92 Å². The molecule has 0 rings (SSSR count). The van der Waals surface area contributed by atoms with Gasteiger partial charge in [0.15, 0.2) is 0 Å². The van der Waals surface area contributed by atoms with Crippen molar-refractivity contribution < 1.29 is 14.1 Å². The fraction of sp³-hybridized carbons (Fsp3) is 0.923. The Kier molecular flexibility index (Phi) is 9.41. The highest BCUT2D eigenvalue weighted by Crippen LogP contribution is 2.13. The van der Waals surface area contributed by atoms with Crippen molar-refractivity contribution in [1.82, 2.24) is 0 Å². The Morgan fingerprint density at radius 2 is 1.65 bits per heavy atom. The van der Waals surface area contributed by atoms with Crippen LogP contribution in [0.15, 0.2) is 0 Å². The highest BCUT2D eigenvalue weighted by atomic mass is 32.2. The van der Waals surface area contributed by atoms with Crippen molar-refractivity contribution in [2.24, 2.45) is 5.92 Å². The van der Waals surface area contributed by atoms with Crippen molar-refractivity contribution in [2.75, 3.05) is 5.75 Å². The van der Waals surface area contributed by atoms with E-state index in [1.54, 1.807) is 0 Å². The van der Waals surface area contributed by atoms with Crippen LogP contribution in [0, 0.1) is 5.92 Å². The topological polar surface area (TPSA) is 54.4 Å². The van der Waals surface area contributed by atoms with E-state index in [0.717, 1.165) is 12.8 Å². The van der Waals surface area contributed by atoms with E-state index >= 15 is 0 Å². The highest BCUT2D eigenvalue weighted by Gasteiger charge is 2.27. The number of carboxylic acid groups (broad SMARTS) is 1. The first-order valence-corrected chi connectivity index (χ1v) is 7.98. The van der Waals surface area contributed by atoms with E-state index < -0.39 is 22.0 Å². The second-order valence-electron chi connectivity index (χ2n) is 4.86. The summed E-state index contributed by atoms with van der Waals surface area (Å²) in [5.74, 6) is -0.459. The lowest BCUT2D eigenvalue weighted by Gasteiger charge is -2.15. The van der Waals surface area contributed by atoms with E-state index in [2.05, 4.69) is 6.92 Å². The molecule has 0 aliphatic carbocycles. The Morgan fingerprint density at radius 3 is 2.12 bits per heavy atom. The Hall–Kier alpha value is -0.380. The first-order chi connectivity index (χ1) is 8.00. The van der Waals surface area contributed by atoms with E-state index in [0.29, 0.717) is 5.75 Å². The average molecular weight is 262 g/mol. The zero-order chi connectivity index (χ0) is 13.3. The molecule has 0 spiro atoms. The molecule has 0 radical (unpaired) electrons. The molecule has 2 atom stereocenters.